The van der Waals surface area contributed by atoms with Gasteiger partial charge in [0.15, 0.2) is 5.65 Å². The fourth-order valence-electron chi connectivity index (χ4n) is 2.92. The van der Waals surface area contributed by atoms with Gasteiger partial charge in [0.2, 0.25) is 5.95 Å². The van der Waals surface area contributed by atoms with Gasteiger partial charge in [-0.25, -0.2) is 15.0 Å². The Kier molecular flexibility index (Phi) is 4.31. The highest BCUT2D eigenvalue weighted by molar-refractivity contribution is 7.21. The summed E-state index contributed by atoms with van der Waals surface area (Å²) >= 11 is 1.43. The van der Waals surface area contributed by atoms with E-state index in [2.05, 4.69) is 25.2 Å². The minimum atomic E-state index is -0.473. The zero-order valence-corrected chi connectivity index (χ0v) is 14.7. The normalized spacial score (nSPS) is 14.7. The highest BCUT2D eigenvalue weighted by Crippen LogP contribution is 2.32. The first-order chi connectivity index (χ1) is 12.2. The lowest BCUT2D eigenvalue weighted by molar-refractivity contribution is 0.586. The van der Waals surface area contributed by atoms with Crippen molar-refractivity contribution < 1.29 is 4.39 Å². The lowest BCUT2D eigenvalue weighted by Gasteiger charge is -2.16. The summed E-state index contributed by atoms with van der Waals surface area (Å²) in [7, 11) is 1.83. The van der Waals surface area contributed by atoms with Crippen molar-refractivity contribution in [3.63, 3.8) is 0 Å². The molecule has 7 heteroatoms. The summed E-state index contributed by atoms with van der Waals surface area (Å²) in [5, 5.41) is 3.54. The van der Waals surface area contributed by atoms with Gasteiger partial charge in [0, 0.05) is 20.1 Å². The number of rotatable bonds is 4. The van der Waals surface area contributed by atoms with E-state index in [0.29, 0.717) is 22.0 Å². The maximum atomic E-state index is 14.6. The molecule has 0 aliphatic carbocycles. The predicted molar refractivity (Wildman–Crippen MR) is 100 cm³/mol. The SMILES string of the molecule is CN/C=C/c1ccc2sc(-c3ccc(N4CCCC4)nc3F)nc2n1. The molecular weight excluding hydrogens is 337 g/mol. The summed E-state index contributed by atoms with van der Waals surface area (Å²) in [6.07, 6.45) is 5.95. The number of nitrogens with one attached hydrogen (secondary N) is 1. The number of fused-ring (bicyclic) bond motifs is 1. The molecule has 128 valence electrons. The number of nitrogens with zero attached hydrogens (tertiary/aromatic N) is 4. The number of pyridine rings is 2. The summed E-state index contributed by atoms with van der Waals surface area (Å²) in [4.78, 5) is 15.3. The molecule has 0 bridgehead atoms. The zero-order valence-electron chi connectivity index (χ0n) is 13.9. The summed E-state index contributed by atoms with van der Waals surface area (Å²) in [5.74, 6) is 0.233. The van der Waals surface area contributed by atoms with Crippen LogP contribution in [0.15, 0.2) is 30.5 Å². The van der Waals surface area contributed by atoms with Crippen LogP contribution in [-0.4, -0.2) is 35.1 Å². The first-order valence-electron chi connectivity index (χ1n) is 8.28. The van der Waals surface area contributed by atoms with E-state index < -0.39 is 5.95 Å². The molecular formula is C18H18FN5S. The van der Waals surface area contributed by atoms with Gasteiger partial charge < -0.3 is 10.2 Å². The molecule has 5 nitrogen and oxygen atoms in total. The number of hydrogen-bond acceptors (Lipinski definition) is 6. The Bertz CT molecular complexity index is 930. The Balaban J connectivity index is 1.67. The molecule has 1 fully saturated rings. The number of anilines is 1. The first-order valence-corrected chi connectivity index (χ1v) is 9.09. The maximum Gasteiger partial charge on any atom is 0.225 e. The number of thiazole rings is 1. The van der Waals surface area contributed by atoms with Gasteiger partial charge in [-0.1, -0.05) is 0 Å². The average Bonchev–Trinajstić information content (AvgIpc) is 3.28. The molecule has 4 rings (SSSR count). The van der Waals surface area contributed by atoms with Crippen molar-refractivity contribution >= 4 is 33.6 Å². The van der Waals surface area contributed by atoms with E-state index in [-0.39, 0.29) is 0 Å². The van der Waals surface area contributed by atoms with Gasteiger partial charge in [-0.05, 0) is 49.4 Å². The van der Waals surface area contributed by atoms with E-state index >= 15 is 0 Å². The van der Waals surface area contributed by atoms with E-state index in [9.17, 15) is 4.39 Å². The van der Waals surface area contributed by atoms with E-state index in [1.807, 2.05) is 37.5 Å². The largest absolute Gasteiger partial charge is 0.394 e. The monoisotopic (exact) mass is 355 g/mol. The lowest BCUT2D eigenvalue weighted by Crippen LogP contribution is -2.19. The fourth-order valence-corrected chi connectivity index (χ4v) is 3.84. The maximum absolute atomic E-state index is 14.6. The molecule has 25 heavy (non-hydrogen) atoms. The summed E-state index contributed by atoms with van der Waals surface area (Å²) < 4.78 is 15.5. The van der Waals surface area contributed by atoms with Crippen molar-refractivity contribution in [3.8, 4) is 10.6 Å². The van der Waals surface area contributed by atoms with Crippen molar-refractivity contribution in [1.29, 1.82) is 0 Å². The third-order valence-electron chi connectivity index (χ3n) is 4.19. The molecule has 0 spiro atoms. The van der Waals surface area contributed by atoms with Crippen molar-refractivity contribution in [2.24, 2.45) is 0 Å². The molecule has 0 amide bonds. The Morgan fingerprint density at radius 3 is 2.72 bits per heavy atom. The van der Waals surface area contributed by atoms with Crippen LogP contribution in [0.4, 0.5) is 10.2 Å². The molecule has 0 atom stereocenters. The van der Waals surface area contributed by atoms with Crippen LogP contribution in [0.1, 0.15) is 18.5 Å². The smallest absolute Gasteiger partial charge is 0.225 e. The molecule has 1 aliphatic heterocycles. The van der Waals surface area contributed by atoms with Gasteiger partial charge in [-0.15, -0.1) is 11.3 Å². The van der Waals surface area contributed by atoms with Crippen LogP contribution >= 0.6 is 11.3 Å². The minimum absolute atomic E-state index is 0.429. The molecule has 4 heterocycles. The summed E-state index contributed by atoms with van der Waals surface area (Å²) in [6, 6.07) is 7.53. The Labute approximate surface area is 149 Å². The molecule has 1 saturated heterocycles. The third kappa shape index (κ3) is 3.19. The van der Waals surface area contributed by atoms with Crippen molar-refractivity contribution in [3.05, 3.63) is 42.1 Å². The van der Waals surface area contributed by atoms with Crippen LogP contribution in [0, 0.1) is 5.95 Å². The van der Waals surface area contributed by atoms with E-state index in [1.165, 1.54) is 11.3 Å². The second kappa shape index (κ2) is 6.76. The standard InChI is InChI=1S/C18H18FN5S/c1-20-9-8-12-4-6-14-17(21-12)23-18(25-14)13-5-7-15(22-16(13)19)24-10-2-3-11-24/h4-9,20H,2-3,10-11H2,1H3/b9-8+. The van der Waals surface area contributed by atoms with Gasteiger partial charge in [0.25, 0.3) is 0 Å². The Morgan fingerprint density at radius 1 is 1.12 bits per heavy atom. The minimum Gasteiger partial charge on any atom is -0.394 e. The number of hydrogen-bond donors (Lipinski definition) is 1. The molecule has 0 radical (unpaired) electrons. The first kappa shape index (κ1) is 16.0. The predicted octanol–water partition coefficient (Wildman–Crippen LogP) is 3.68. The van der Waals surface area contributed by atoms with Crippen LogP contribution in [0.5, 0.6) is 0 Å². The highest BCUT2D eigenvalue weighted by Gasteiger charge is 2.18. The second-order valence-corrected chi connectivity index (χ2v) is 6.93. The zero-order chi connectivity index (χ0) is 17.2. The van der Waals surface area contributed by atoms with Crippen LogP contribution < -0.4 is 10.2 Å². The van der Waals surface area contributed by atoms with E-state index in [0.717, 1.165) is 36.3 Å². The second-order valence-electron chi connectivity index (χ2n) is 5.90. The molecule has 3 aromatic heterocycles. The van der Waals surface area contributed by atoms with Gasteiger partial charge in [0.05, 0.1) is 16.0 Å². The quantitative estimate of drug-likeness (QED) is 0.724. The Hall–Kier alpha value is -2.54. The van der Waals surface area contributed by atoms with Crippen LogP contribution in [-0.2, 0) is 0 Å². The molecule has 0 saturated carbocycles. The average molecular weight is 355 g/mol. The lowest BCUT2D eigenvalue weighted by atomic mass is 10.3. The van der Waals surface area contributed by atoms with Gasteiger partial charge >= 0.3 is 0 Å². The fraction of sp³-hybridized carbons (Fsp3) is 0.278. The Morgan fingerprint density at radius 2 is 1.96 bits per heavy atom. The van der Waals surface area contributed by atoms with Gasteiger partial charge in [0.1, 0.15) is 10.8 Å². The molecule has 3 aromatic rings. The van der Waals surface area contributed by atoms with Gasteiger partial charge in [-0.3, -0.25) is 0 Å². The summed E-state index contributed by atoms with van der Waals surface area (Å²) in [5.41, 5.74) is 1.86. The van der Waals surface area contributed by atoms with Crippen LogP contribution in [0.2, 0.25) is 0 Å². The molecule has 1 N–H and O–H groups in total. The van der Waals surface area contributed by atoms with Crippen molar-refractivity contribution in [1.82, 2.24) is 20.3 Å². The van der Waals surface area contributed by atoms with E-state index in [1.54, 1.807) is 6.07 Å². The molecule has 0 aromatic carbocycles. The van der Waals surface area contributed by atoms with Crippen LogP contribution in [0.3, 0.4) is 0 Å². The molecule has 0 unspecified atom stereocenters. The van der Waals surface area contributed by atoms with E-state index in [4.69, 9.17) is 0 Å². The molecule has 1 aliphatic rings. The third-order valence-corrected chi connectivity index (χ3v) is 5.23. The summed E-state index contributed by atoms with van der Waals surface area (Å²) in [6.45, 7) is 1.89. The number of halogens is 1. The van der Waals surface area contributed by atoms with Crippen molar-refractivity contribution in [2.75, 3.05) is 25.0 Å². The van der Waals surface area contributed by atoms with Crippen LogP contribution in [0.25, 0.3) is 27.0 Å². The topological polar surface area (TPSA) is 53.9 Å². The van der Waals surface area contributed by atoms with Crippen molar-refractivity contribution in [2.45, 2.75) is 12.8 Å². The number of aromatic nitrogens is 3. The van der Waals surface area contributed by atoms with Gasteiger partial charge in [-0.2, -0.15) is 4.39 Å². The highest BCUT2D eigenvalue weighted by atomic mass is 32.1.